The fraction of sp³-hybridized carbons (Fsp3) is 0.379. The molecular weight excluding hydrogens is 472 g/mol. The van der Waals surface area contributed by atoms with Crippen molar-refractivity contribution in [2.24, 2.45) is 0 Å². The molecule has 0 saturated heterocycles. The first-order valence-electron chi connectivity index (χ1n) is 12.3. The summed E-state index contributed by atoms with van der Waals surface area (Å²) in [4.78, 5) is 32.7. The van der Waals surface area contributed by atoms with Gasteiger partial charge in [-0.15, -0.1) is 11.3 Å². The lowest BCUT2D eigenvalue weighted by Crippen LogP contribution is -2.43. The predicted molar refractivity (Wildman–Crippen MR) is 145 cm³/mol. The number of hydrogen-bond acceptors (Lipinski definition) is 5. The molecule has 0 fully saturated rings. The number of rotatable bonds is 13. The molecule has 1 heterocycles. The summed E-state index contributed by atoms with van der Waals surface area (Å²) in [7, 11) is 3.23. The zero-order valence-corrected chi connectivity index (χ0v) is 22.5. The van der Waals surface area contributed by atoms with E-state index in [-0.39, 0.29) is 18.4 Å². The fourth-order valence-electron chi connectivity index (χ4n) is 3.98. The Morgan fingerprint density at radius 2 is 1.64 bits per heavy atom. The maximum Gasteiger partial charge on any atom is 0.254 e. The van der Waals surface area contributed by atoms with Crippen molar-refractivity contribution in [2.75, 3.05) is 33.9 Å². The highest BCUT2D eigenvalue weighted by molar-refractivity contribution is 7.11. The summed E-state index contributed by atoms with van der Waals surface area (Å²) in [5.41, 5.74) is 1.66. The Balaban J connectivity index is 1.78. The monoisotopic (exact) mass is 508 g/mol. The number of aryl methyl sites for hydroxylation is 1. The molecule has 36 heavy (non-hydrogen) atoms. The van der Waals surface area contributed by atoms with Crippen LogP contribution in [0.25, 0.3) is 0 Å². The predicted octanol–water partition coefficient (Wildman–Crippen LogP) is 5.59. The normalized spacial score (nSPS) is 10.7. The molecular formula is C29H36N2O4S. The third-order valence-corrected chi connectivity index (χ3v) is 7.01. The molecule has 0 saturated carbocycles. The van der Waals surface area contributed by atoms with Gasteiger partial charge in [-0.05, 0) is 61.7 Å². The van der Waals surface area contributed by atoms with Gasteiger partial charge in [0.05, 0.1) is 20.8 Å². The second kappa shape index (κ2) is 13.7. The summed E-state index contributed by atoms with van der Waals surface area (Å²) < 4.78 is 10.8. The number of carbonyl (C=O) groups excluding carboxylic acids is 2. The van der Waals surface area contributed by atoms with E-state index in [1.807, 2.05) is 41.3 Å². The van der Waals surface area contributed by atoms with Crippen LogP contribution < -0.4 is 9.47 Å². The van der Waals surface area contributed by atoms with Gasteiger partial charge in [-0.25, -0.2) is 0 Å². The minimum Gasteiger partial charge on any atom is -0.493 e. The first-order valence-corrected chi connectivity index (χ1v) is 13.1. The summed E-state index contributed by atoms with van der Waals surface area (Å²) in [5.74, 6) is 1.18. The molecule has 3 rings (SSSR count). The molecule has 0 bridgehead atoms. The molecule has 0 unspecified atom stereocenters. The van der Waals surface area contributed by atoms with Gasteiger partial charge in [-0.3, -0.25) is 9.59 Å². The Kier molecular flexibility index (Phi) is 10.4. The van der Waals surface area contributed by atoms with Crippen molar-refractivity contribution in [3.05, 3.63) is 81.5 Å². The van der Waals surface area contributed by atoms with Gasteiger partial charge in [0.2, 0.25) is 5.91 Å². The summed E-state index contributed by atoms with van der Waals surface area (Å²) in [6.45, 7) is 5.82. The van der Waals surface area contributed by atoms with Crippen molar-refractivity contribution < 1.29 is 19.1 Å². The van der Waals surface area contributed by atoms with Crippen LogP contribution in [0.1, 0.15) is 45.4 Å². The fourth-order valence-corrected chi connectivity index (χ4v) is 4.88. The van der Waals surface area contributed by atoms with Crippen molar-refractivity contribution in [1.82, 2.24) is 9.80 Å². The summed E-state index contributed by atoms with van der Waals surface area (Å²) in [5, 5.41) is 0. The molecule has 1 aromatic heterocycles. The standard InChI is InChI=1S/C29H36N2O4S/c1-5-6-17-31(29(33)24-10-8-7-9-11-24)21-28(32)30(20-25-14-12-22(2)36-25)18-16-23-13-15-26(34-3)27(19-23)35-4/h7-15,19H,5-6,16-18,20-21H2,1-4H3. The van der Waals surface area contributed by atoms with Crippen LogP contribution in [0.4, 0.5) is 0 Å². The van der Waals surface area contributed by atoms with E-state index in [2.05, 4.69) is 26.0 Å². The third-order valence-electron chi connectivity index (χ3n) is 6.03. The van der Waals surface area contributed by atoms with Gasteiger partial charge in [-0.2, -0.15) is 0 Å². The highest BCUT2D eigenvalue weighted by atomic mass is 32.1. The SMILES string of the molecule is CCCCN(CC(=O)N(CCc1ccc(OC)c(OC)c1)Cc1ccc(C)s1)C(=O)c1ccccc1. The highest BCUT2D eigenvalue weighted by Gasteiger charge is 2.23. The van der Waals surface area contributed by atoms with Crippen LogP contribution in [-0.2, 0) is 17.8 Å². The van der Waals surface area contributed by atoms with E-state index < -0.39 is 0 Å². The van der Waals surface area contributed by atoms with Gasteiger partial charge in [0.15, 0.2) is 11.5 Å². The Labute approximate surface area is 218 Å². The highest BCUT2D eigenvalue weighted by Crippen LogP contribution is 2.28. The molecule has 6 nitrogen and oxygen atoms in total. The lowest BCUT2D eigenvalue weighted by atomic mass is 10.1. The minimum absolute atomic E-state index is 0.0538. The summed E-state index contributed by atoms with van der Waals surface area (Å²) in [6.07, 6.45) is 2.46. The van der Waals surface area contributed by atoms with E-state index in [9.17, 15) is 9.59 Å². The van der Waals surface area contributed by atoms with Crippen molar-refractivity contribution in [1.29, 1.82) is 0 Å². The van der Waals surface area contributed by atoms with E-state index in [4.69, 9.17) is 9.47 Å². The van der Waals surface area contributed by atoms with Crippen LogP contribution in [0.5, 0.6) is 11.5 Å². The largest absolute Gasteiger partial charge is 0.493 e. The average Bonchev–Trinajstić information content (AvgIpc) is 3.32. The zero-order valence-electron chi connectivity index (χ0n) is 21.7. The van der Waals surface area contributed by atoms with E-state index in [1.54, 1.807) is 42.6 Å². The number of benzene rings is 2. The molecule has 0 spiro atoms. The number of ether oxygens (including phenoxy) is 2. The third kappa shape index (κ3) is 7.59. The molecule has 192 valence electrons. The minimum atomic E-state index is -0.107. The van der Waals surface area contributed by atoms with Crippen LogP contribution in [-0.4, -0.2) is 55.5 Å². The van der Waals surface area contributed by atoms with Gasteiger partial charge in [0.25, 0.3) is 5.91 Å². The zero-order chi connectivity index (χ0) is 25.9. The molecule has 2 amide bonds. The van der Waals surface area contributed by atoms with Crippen molar-refractivity contribution in [3.8, 4) is 11.5 Å². The maximum atomic E-state index is 13.6. The second-order valence-electron chi connectivity index (χ2n) is 8.71. The molecule has 0 aliphatic rings. The van der Waals surface area contributed by atoms with Crippen molar-refractivity contribution >= 4 is 23.2 Å². The average molecular weight is 509 g/mol. The lowest BCUT2D eigenvalue weighted by molar-refractivity contribution is -0.132. The first kappa shape index (κ1) is 27.3. The molecule has 0 aliphatic heterocycles. The molecule has 0 N–H and O–H groups in total. The number of methoxy groups -OCH3 is 2. The maximum absolute atomic E-state index is 13.6. The number of amides is 2. The molecule has 0 atom stereocenters. The van der Waals surface area contributed by atoms with Crippen LogP contribution >= 0.6 is 11.3 Å². The van der Waals surface area contributed by atoms with E-state index >= 15 is 0 Å². The van der Waals surface area contributed by atoms with Crippen LogP contribution in [0.2, 0.25) is 0 Å². The van der Waals surface area contributed by atoms with Crippen molar-refractivity contribution in [2.45, 2.75) is 39.7 Å². The Morgan fingerprint density at radius 3 is 2.28 bits per heavy atom. The van der Waals surface area contributed by atoms with Gasteiger partial charge in [0, 0.05) is 28.4 Å². The first-order chi connectivity index (χ1) is 17.4. The van der Waals surface area contributed by atoms with Gasteiger partial charge in [0.1, 0.15) is 6.54 Å². The van der Waals surface area contributed by atoms with E-state index in [0.29, 0.717) is 43.1 Å². The summed E-state index contributed by atoms with van der Waals surface area (Å²) in [6, 6.07) is 19.2. The summed E-state index contributed by atoms with van der Waals surface area (Å²) >= 11 is 1.69. The Bertz CT molecular complexity index is 1130. The molecule has 3 aromatic rings. The Hall–Kier alpha value is -3.32. The molecule has 0 radical (unpaired) electrons. The molecule has 7 heteroatoms. The van der Waals surface area contributed by atoms with E-state index in [0.717, 1.165) is 23.3 Å². The van der Waals surface area contributed by atoms with E-state index in [1.165, 1.54) is 4.88 Å². The quantitative estimate of drug-likeness (QED) is 0.302. The van der Waals surface area contributed by atoms with Crippen LogP contribution in [0, 0.1) is 6.92 Å². The Morgan fingerprint density at radius 1 is 0.889 bits per heavy atom. The van der Waals surface area contributed by atoms with Gasteiger partial charge < -0.3 is 19.3 Å². The molecule has 2 aromatic carbocycles. The van der Waals surface area contributed by atoms with Crippen LogP contribution in [0.3, 0.4) is 0 Å². The molecule has 0 aliphatic carbocycles. The van der Waals surface area contributed by atoms with Gasteiger partial charge >= 0.3 is 0 Å². The smallest absolute Gasteiger partial charge is 0.254 e. The number of unbranched alkanes of at least 4 members (excludes halogenated alkanes) is 1. The number of carbonyl (C=O) groups is 2. The van der Waals surface area contributed by atoms with Crippen molar-refractivity contribution in [3.63, 3.8) is 0 Å². The number of nitrogens with zero attached hydrogens (tertiary/aromatic N) is 2. The number of thiophene rings is 1. The number of hydrogen-bond donors (Lipinski definition) is 0. The van der Waals surface area contributed by atoms with Crippen LogP contribution in [0.15, 0.2) is 60.7 Å². The van der Waals surface area contributed by atoms with Gasteiger partial charge in [-0.1, -0.05) is 37.6 Å². The lowest BCUT2D eigenvalue weighted by Gasteiger charge is -2.28. The second-order valence-corrected chi connectivity index (χ2v) is 10.1. The topological polar surface area (TPSA) is 59.1 Å².